The van der Waals surface area contributed by atoms with Crippen LogP contribution in [-0.2, 0) is 13.2 Å². The van der Waals surface area contributed by atoms with E-state index in [0.717, 1.165) is 11.1 Å². The number of hydrogen-bond donors (Lipinski definition) is 2. The number of carbonyl (C=O) groups is 1. The Morgan fingerprint density at radius 1 is 1.10 bits per heavy atom. The smallest absolute Gasteiger partial charge is 0.254 e. The summed E-state index contributed by atoms with van der Waals surface area (Å²) in [6.07, 6.45) is 0. The van der Waals surface area contributed by atoms with Gasteiger partial charge in [-0.25, -0.2) is 8.78 Å². The molecule has 110 valence electrons. The number of rotatable bonds is 4. The summed E-state index contributed by atoms with van der Waals surface area (Å²) in [5, 5.41) is 11.5. The standard InChI is InChI=1S/C16H15F2NO2/c1-10-6-13(15(18)7-14(10)17)16(21)19-8-11-2-4-12(9-20)5-3-11/h2-7,20H,8-9H2,1H3,(H,19,21). The normalized spacial score (nSPS) is 10.5. The van der Waals surface area contributed by atoms with Crippen LogP contribution >= 0.6 is 0 Å². The summed E-state index contributed by atoms with van der Waals surface area (Å²) in [6, 6.07) is 8.90. The van der Waals surface area contributed by atoms with Crippen molar-refractivity contribution >= 4 is 5.91 Å². The third kappa shape index (κ3) is 3.64. The topological polar surface area (TPSA) is 49.3 Å². The lowest BCUT2D eigenvalue weighted by Gasteiger charge is -2.08. The molecule has 0 bridgehead atoms. The van der Waals surface area contributed by atoms with Crippen molar-refractivity contribution in [3.8, 4) is 0 Å². The molecule has 2 aromatic rings. The van der Waals surface area contributed by atoms with Gasteiger partial charge in [0.1, 0.15) is 11.6 Å². The summed E-state index contributed by atoms with van der Waals surface area (Å²) in [5.41, 5.74) is 1.62. The predicted molar refractivity (Wildman–Crippen MR) is 74.6 cm³/mol. The van der Waals surface area contributed by atoms with Gasteiger partial charge in [-0.15, -0.1) is 0 Å². The van der Waals surface area contributed by atoms with E-state index >= 15 is 0 Å². The molecular formula is C16H15F2NO2. The monoisotopic (exact) mass is 291 g/mol. The fourth-order valence-corrected chi connectivity index (χ4v) is 1.87. The molecule has 2 aromatic carbocycles. The van der Waals surface area contributed by atoms with Crippen molar-refractivity contribution in [1.82, 2.24) is 5.32 Å². The molecule has 0 radical (unpaired) electrons. The number of benzene rings is 2. The highest BCUT2D eigenvalue weighted by Crippen LogP contribution is 2.14. The van der Waals surface area contributed by atoms with E-state index in [1.54, 1.807) is 24.3 Å². The van der Waals surface area contributed by atoms with Crippen LogP contribution in [0.15, 0.2) is 36.4 Å². The molecule has 0 aliphatic rings. The largest absolute Gasteiger partial charge is 0.392 e. The molecule has 1 amide bonds. The van der Waals surface area contributed by atoms with Crippen LogP contribution in [0.1, 0.15) is 27.0 Å². The zero-order valence-electron chi connectivity index (χ0n) is 11.5. The maximum absolute atomic E-state index is 13.6. The summed E-state index contributed by atoms with van der Waals surface area (Å²) in [6.45, 7) is 1.65. The van der Waals surface area contributed by atoms with Crippen molar-refractivity contribution in [1.29, 1.82) is 0 Å². The van der Waals surface area contributed by atoms with Crippen LogP contribution in [0.3, 0.4) is 0 Å². The highest BCUT2D eigenvalue weighted by Gasteiger charge is 2.14. The first-order chi connectivity index (χ1) is 10.0. The molecule has 0 aliphatic heterocycles. The molecule has 21 heavy (non-hydrogen) atoms. The number of aryl methyl sites for hydroxylation is 1. The first-order valence-corrected chi connectivity index (χ1v) is 6.44. The van der Waals surface area contributed by atoms with E-state index < -0.39 is 17.5 Å². The van der Waals surface area contributed by atoms with E-state index in [-0.39, 0.29) is 24.3 Å². The van der Waals surface area contributed by atoms with E-state index in [1.807, 2.05) is 0 Å². The lowest BCUT2D eigenvalue weighted by Crippen LogP contribution is -2.24. The van der Waals surface area contributed by atoms with Crippen LogP contribution in [0.4, 0.5) is 8.78 Å². The molecule has 0 spiro atoms. The molecule has 0 atom stereocenters. The molecule has 0 saturated heterocycles. The van der Waals surface area contributed by atoms with Gasteiger partial charge in [0, 0.05) is 12.6 Å². The molecule has 0 aliphatic carbocycles. The van der Waals surface area contributed by atoms with E-state index in [4.69, 9.17) is 5.11 Å². The average Bonchev–Trinajstić information content (AvgIpc) is 2.49. The summed E-state index contributed by atoms with van der Waals surface area (Å²) in [5.74, 6) is -2.16. The van der Waals surface area contributed by atoms with E-state index in [2.05, 4.69) is 5.32 Å². The zero-order chi connectivity index (χ0) is 15.4. The SMILES string of the molecule is Cc1cc(C(=O)NCc2ccc(CO)cc2)c(F)cc1F. The van der Waals surface area contributed by atoms with Crippen molar-refractivity contribution in [2.45, 2.75) is 20.1 Å². The van der Waals surface area contributed by atoms with E-state index in [1.165, 1.54) is 13.0 Å². The molecule has 2 rings (SSSR count). The maximum Gasteiger partial charge on any atom is 0.254 e. The van der Waals surface area contributed by atoms with Gasteiger partial charge in [-0.3, -0.25) is 4.79 Å². The van der Waals surface area contributed by atoms with Crippen LogP contribution in [0.5, 0.6) is 0 Å². The fraction of sp³-hybridized carbons (Fsp3) is 0.188. The third-order valence-electron chi connectivity index (χ3n) is 3.15. The number of hydrogen-bond acceptors (Lipinski definition) is 2. The summed E-state index contributed by atoms with van der Waals surface area (Å²) < 4.78 is 26.7. The maximum atomic E-state index is 13.6. The lowest BCUT2D eigenvalue weighted by molar-refractivity contribution is 0.0946. The minimum absolute atomic E-state index is 0.0489. The summed E-state index contributed by atoms with van der Waals surface area (Å²) >= 11 is 0. The molecule has 5 heteroatoms. The number of amides is 1. The van der Waals surface area contributed by atoms with Gasteiger partial charge in [-0.05, 0) is 29.7 Å². The second kappa shape index (κ2) is 6.45. The molecular weight excluding hydrogens is 276 g/mol. The molecule has 2 N–H and O–H groups in total. The van der Waals surface area contributed by atoms with Gasteiger partial charge in [0.15, 0.2) is 0 Å². The Hall–Kier alpha value is -2.27. The Bertz CT molecular complexity index is 654. The van der Waals surface area contributed by atoms with Crippen LogP contribution in [0, 0.1) is 18.6 Å². The van der Waals surface area contributed by atoms with Crippen LogP contribution in [0.25, 0.3) is 0 Å². The van der Waals surface area contributed by atoms with Gasteiger partial charge < -0.3 is 10.4 Å². The minimum atomic E-state index is -0.883. The summed E-state index contributed by atoms with van der Waals surface area (Å²) in [7, 11) is 0. The van der Waals surface area contributed by atoms with Crippen molar-refractivity contribution in [3.05, 3.63) is 70.3 Å². The van der Waals surface area contributed by atoms with Crippen LogP contribution < -0.4 is 5.32 Å². The molecule has 3 nitrogen and oxygen atoms in total. The van der Waals surface area contributed by atoms with Crippen molar-refractivity contribution in [3.63, 3.8) is 0 Å². The number of aliphatic hydroxyl groups is 1. The molecule has 0 unspecified atom stereocenters. The van der Waals surface area contributed by atoms with Crippen molar-refractivity contribution in [2.75, 3.05) is 0 Å². The van der Waals surface area contributed by atoms with Gasteiger partial charge in [-0.2, -0.15) is 0 Å². The Balaban J connectivity index is 2.06. The van der Waals surface area contributed by atoms with E-state index in [9.17, 15) is 13.6 Å². The Kier molecular flexibility index (Phi) is 4.65. The van der Waals surface area contributed by atoms with Gasteiger partial charge in [0.25, 0.3) is 5.91 Å². The minimum Gasteiger partial charge on any atom is -0.392 e. The fourth-order valence-electron chi connectivity index (χ4n) is 1.87. The highest BCUT2D eigenvalue weighted by atomic mass is 19.1. The van der Waals surface area contributed by atoms with Gasteiger partial charge in [0.05, 0.1) is 12.2 Å². The number of aliphatic hydroxyl groups excluding tert-OH is 1. The Morgan fingerprint density at radius 3 is 2.33 bits per heavy atom. The molecule has 0 aromatic heterocycles. The van der Waals surface area contributed by atoms with Crippen LogP contribution in [-0.4, -0.2) is 11.0 Å². The zero-order valence-corrected chi connectivity index (χ0v) is 11.5. The molecule has 0 fully saturated rings. The Labute approximate surface area is 121 Å². The average molecular weight is 291 g/mol. The predicted octanol–water partition coefficient (Wildman–Crippen LogP) is 2.70. The van der Waals surface area contributed by atoms with Gasteiger partial charge in [-0.1, -0.05) is 24.3 Å². The first kappa shape index (κ1) is 15.1. The number of nitrogens with one attached hydrogen (secondary N) is 1. The molecule has 0 heterocycles. The number of halogens is 2. The van der Waals surface area contributed by atoms with E-state index in [0.29, 0.717) is 6.07 Å². The first-order valence-electron chi connectivity index (χ1n) is 6.44. The number of carbonyl (C=O) groups excluding carboxylic acids is 1. The van der Waals surface area contributed by atoms with Gasteiger partial charge >= 0.3 is 0 Å². The molecule has 0 saturated carbocycles. The van der Waals surface area contributed by atoms with Gasteiger partial charge in [0.2, 0.25) is 0 Å². The lowest BCUT2D eigenvalue weighted by atomic mass is 10.1. The van der Waals surface area contributed by atoms with Crippen molar-refractivity contribution in [2.24, 2.45) is 0 Å². The quantitative estimate of drug-likeness (QED) is 0.910. The highest BCUT2D eigenvalue weighted by molar-refractivity contribution is 5.94. The Morgan fingerprint density at radius 2 is 1.71 bits per heavy atom. The second-order valence-corrected chi connectivity index (χ2v) is 4.74. The summed E-state index contributed by atoms with van der Waals surface area (Å²) in [4.78, 5) is 11.9. The third-order valence-corrected chi connectivity index (χ3v) is 3.15. The second-order valence-electron chi connectivity index (χ2n) is 4.74. The van der Waals surface area contributed by atoms with Crippen molar-refractivity contribution < 1.29 is 18.7 Å². The van der Waals surface area contributed by atoms with Crippen LogP contribution in [0.2, 0.25) is 0 Å².